The van der Waals surface area contributed by atoms with Crippen molar-refractivity contribution in [2.75, 3.05) is 4.90 Å². The average Bonchev–Trinajstić information content (AvgIpc) is 3.57. The van der Waals surface area contributed by atoms with Crippen molar-refractivity contribution in [2.24, 2.45) is 0 Å². The molecule has 5 aromatic rings. The molecule has 0 bridgehead atoms. The van der Waals surface area contributed by atoms with Gasteiger partial charge >= 0.3 is 0 Å². The van der Waals surface area contributed by atoms with Crippen LogP contribution in [0.1, 0.15) is 50.6 Å². The highest BCUT2D eigenvalue weighted by Gasteiger charge is 2.39. The quantitative estimate of drug-likeness (QED) is 0.163. The molecule has 0 unspecified atom stereocenters. The van der Waals surface area contributed by atoms with Crippen molar-refractivity contribution in [3.8, 4) is 10.4 Å². The lowest BCUT2D eigenvalue weighted by Gasteiger charge is -2.27. The van der Waals surface area contributed by atoms with Gasteiger partial charge in [0.15, 0.2) is 23.2 Å². The van der Waals surface area contributed by atoms with E-state index < -0.39 is 23.2 Å². The van der Waals surface area contributed by atoms with Crippen molar-refractivity contribution in [3.05, 3.63) is 136 Å². The third kappa shape index (κ3) is 3.88. The Labute approximate surface area is 239 Å². The monoisotopic (exact) mass is 560 g/mol. The molecule has 0 saturated heterocycles. The molecule has 0 atom stereocenters. The van der Waals surface area contributed by atoms with Crippen LogP contribution in [-0.4, -0.2) is 16.6 Å². The van der Waals surface area contributed by atoms with Crippen LogP contribution in [0.2, 0.25) is 0 Å². The smallest absolute Gasteiger partial charge is 0.197 e. The number of pyridine rings is 1. The second-order valence-electron chi connectivity index (χ2n) is 10.7. The number of benzene rings is 3. The van der Waals surface area contributed by atoms with Gasteiger partial charge in [0.1, 0.15) is 0 Å². The van der Waals surface area contributed by atoms with E-state index in [9.17, 15) is 18.4 Å². The fourth-order valence-electron chi connectivity index (χ4n) is 5.78. The van der Waals surface area contributed by atoms with Crippen LogP contribution in [0.25, 0.3) is 16.5 Å². The molecule has 0 fully saturated rings. The number of anilines is 3. The van der Waals surface area contributed by atoms with Gasteiger partial charge in [-0.2, -0.15) is 0 Å². The molecule has 0 spiro atoms. The molecule has 2 heterocycles. The maximum Gasteiger partial charge on any atom is 0.197 e. The van der Waals surface area contributed by atoms with E-state index in [-0.39, 0.29) is 22.1 Å². The van der Waals surface area contributed by atoms with E-state index in [2.05, 4.69) is 54.1 Å². The summed E-state index contributed by atoms with van der Waals surface area (Å²) in [4.78, 5) is 34.2. The molecule has 0 N–H and O–H groups in total. The van der Waals surface area contributed by atoms with Crippen LogP contribution in [0.15, 0.2) is 96.8 Å². The second-order valence-corrected chi connectivity index (χ2v) is 11.7. The Hall–Kier alpha value is -4.75. The van der Waals surface area contributed by atoms with Gasteiger partial charge in [-0.15, -0.1) is 11.3 Å². The number of nitrogens with zero attached hydrogens (tertiary/aromatic N) is 2. The van der Waals surface area contributed by atoms with E-state index in [1.54, 1.807) is 12.3 Å². The van der Waals surface area contributed by atoms with E-state index in [0.29, 0.717) is 0 Å². The first-order chi connectivity index (χ1) is 19.7. The Morgan fingerprint density at radius 1 is 0.756 bits per heavy atom. The highest BCUT2D eigenvalue weighted by atomic mass is 32.1. The van der Waals surface area contributed by atoms with Gasteiger partial charge < -0.3 is 4.90 Å². The Morgan fingerprint density at radius 3 is 2.10 bits per heavy atom. The number of thiophene rings is 1. The minimum atomic E-state index is -1.15. The first-order valence-electron chi connectivity index (χ1n) is 13.1. The average molecular weight is 561 g/mol. The highest BCUT2D eigenvalue weighted by Crippen LogP contribution is 2.54. The summed E-state index contributed by atoms with van der Waals surface area (Å²) in [5, 5.41) is 0. The van der Waals surface area contributed by atoms with Crippen LogP contribution >= 0.6 is 11.3 Å². The number of hydrogen-bond acceptors (Lipinski definition) is 5. The number of ketones is 2. The summed E-state index contributed by atoms with van der Waals surface area (Å²) in [7, 11) is 0. The first-order valence-corrected chi connectivity index (χ1v) is 13.9. The number of hydrogen-bond donors (Lipinski definition) is 0. The summed E-state index contributed by atoms with van der Waals surface area (Å²) in [5.74, 6) is -3.46. The minimum Gasteiger partial charge on any atom is -0.309 e. The molecule has 4 nitrogen and oxygen atoms in total. The Balaban J connectivity index is 1.29. The van der Waals surface area contributed by atoms with Gasteiger partial charge in [0.05, 0.1) is 17.5 Å². The van der Waals surface area contributed by atoms with Crippen LogP contribution in [-0.2, 0) is 5.41 Å². The normalized spacial score (nSPS) is 14.6. The van der Waals surface area contributed by atoms with Crippen molar-refractivity contribution in [3.63, 3.8) is 0 Å². The fourth-order valence-corrected chi connectivity index (χ4v) is 7.08. The minimum absolute atomic E-state index is 0.0757. The van der Waals surface area contributed by atoms with Gasteiger partial charge in [0, 0.05) is 43.9 Å². The molecule has 0 amide bonds. The molecule has 41 heavy (non-hydrogen) atoms. The zero-order valence-electron chi connectivity index (χ0n) is 22.1. The van der Waals surface area contributed by atoms with E-state index in [1.807, 2.05) is 42.6 Å². The molecular weight excluding hydrogens is 538 g/mol. The SMILES string of the molecule is CC1(C)c2cc(N(c3ccccc3)c3cccnc3)ccc2-c2sc(C=C3C(=O)c4cc(F)c(F)cc4C3=O)cc21. The number of rotatable bonds is 4. The fraction of sp³-hybridized carbons (Fsp3) is 0.0882. The summed E-state index contributed by atoms with van der Waals surface area (Å²) >= 11 is 1.50. The number of carbonyl (C=O) groups is 2. The topological polar surface area (TPSA) is 50.3 Å². The molecule has 7 heteroatoms. The van der Waals surface area contributed by atoms with Crippen molar-refractivity contribution < 1.29 is 18.4 Å². The van der Waals surface area contributed by atoms with E-state index in [1.165, 1.54) is 16.9 Å². The molecular formula is C34H22F2N2O2S. The second kappa shape index (κ2) is 9.14. The summed E-state index contributed by atoms with van der Waals surface area (Å²) in [5.41, 5.74) is 5.73. The van der Waals surface area contributed by atoms with Crippen molar-refractivity contribution in [1.29, 1.82) is 0 Å². The molecule has 2 aliphatic carbocycles. The molecule has 2 aliphatic rings. The molecule has 200 valence electrons. The first kappa shape index (κ1) is 25.2. The lowest BCUT2D eigenvalue weighted by Crippen LogP contribution is -2.16. The van der Waals surface area contributed by atoms with Gasteiger partial charge in [-0.1, -0.05) is 38.1 Å². The summed E-state index contributed by atoms with van der Waals surface area (Å²) in [6.07, 6.45) is 5.15. The lowest BCUT2D eigenvalue weighted by molar-refractivity contribution is 0.0990. The Bertz CT molecular complexity index is 1850. The largest absolute Gasteiger partial charge is 0.309 e. The van der Waals surface area contributed by atoms with Crippen LogP contribution in [0.3, 0.4) is 0 Å². The lowest BCUT2D eigenvalue weighted by atomic mass is 9.82. The summed E-state index contributed by atoms with van der Waals surface area (Å²) < 4.78 is 27.5. The van der Waals surface area contributed by atoms with Crippen molar-refractivity contribution in [2.45, 2.75) is 19.3 Å². The molecule has 2 aromatic heterocycles. The molecule has 7 rings (SSSR count). The summed E-state index contributed by atoms with van der Waals surface area (Å²) in [6, 6.07) is 24.1. The molecule has 0 saturated carbocycles. The van der Waals surface area contributed by atoms with Crippen LogP contribution in [0, 0.1) is 11.6 Å². The molecule has 0 aliphatic heterocycles. The van der Waals surface area contributed by atoms with Gasteiger partial charge in [-0.05, 0) is 77.4 Å². The Morgan fingerprint density at radius 2 is 1.44 bits per heavy atom. The zero-order chi connectivity index (χ0) is 28.5. The number of para-hydroxylation sites is 1. The Kier molecular flexibility index (Phi) is 5.63. The standard InChI is InChI=1S/C34H22F2N2O2S/c1-34(2)27-13-20(38(19-7-4-3-5-8-19)21-9-6-12-37-18-21)10-11-23(27)33-28(34)15-22(41-33)14-26-31(39)24-16-29(35)30(36)17-25(24)32(26)40/h3-18H,1-2H3. The summed E-state index contributed by atoms with van der Waals surface area (Å²) in [6.45, 7) is 4.32. The van der Waals surface area contributed by atoms with E-state index in [4.69, 9.17) is 0 Å². The maximum absolute atomic E-state index is 13.8. The molecule has 3 aromatic carbocycles. The van der Waals surface area contributed by atoms with E-state index in [0.717, 1.165) is 50.1 Å². The van der Waals surface area contributed by atoms with Gasteiger partial charge in [0.25, 0.3) is 0 Å². The zero-order valence-corrected chi connectivity index (χ0v) is 22.9. The van der Waals surface area contributed by atoms with E-state index >= 15 is 0 Å². The predicted octanol–water partition coefficient (Wildman–Crippen LogP) is 8.66. The van der Waals surface area contributed by atoms with Crippen molar-refractivity contribution in [1.82, 2.24) is 4.98 Å². The number of carbonyl (C=O) groups excluding carboxylic acids is 2. The number of halogens is 2. The predicted molar refractivity (Wildman–Crippen MR) is 157 cm³/mol. The van der Waals surface area contributed by atoms with Crippen LogP contribution < -0.4 is 4.90 Å². The third-order valence-electron chi connectivity index (χ3n) is 7.85. The van der Waals surface area contributed by atoms with Crippen LogP contribution in [0.4, 0.5) is 25.8 Å². The van der Waals surface area contributed by atoms with Crippen molar-refractivity contribution >= 4 is 46.0 Å². The maximum atomic E-state index is 13.8. The number of allylic oxidation sites excluding steroid dienone is 1. The number of fused-ring (bicyclic) bond motifs is 4. The highest BCUT2D eigenvalue weighted by molar-refractivity contribution is 7.16. The number of aromatic nitrogens is 1. The van der Waals surface area contributed by atoms with Gasteiger partial charge in [-0.3, -0.25) is 14.6 Å². The van der Waals surface area contributed by atoms with Crippen LogP contribution in [0.5, 0.6) is 0 Å². The van der Waals surface area contributed by atoms with Gasteiger partial charge in [0.2, 0.25) is 0 Å². The van der Waals surface area contributed by atoms with Gasteiger partial charge in [-0.25, -0.2) is 8.78 Å². The number of Topliss-reactive ketones (excluding diaryl/α,β-unsaturated/α-hetero) is 2. The third-order valence-corrected chi connectivity index (χ3v) is 8.96. The molecule has 0 radical (unpaired) electrons.